The average molecular weight is 250 g/mol. The summed E-state index contributed by atoms with van der Waals surface area (Å²) in [7, 11) is 0. The number of aromatic nitrogens is 1. The molecule has 1 aromatic heterocycles. The van der Waals surface area contributed by atoms with Gasteiger partial charge in [-0.05, 0) is 38.7 Å². The van der Waals surface area contributed by atoms with E-state index in [9.17, 15) is 10.1 Å². The molecule has 0 saturated heterocycles. The van der Waals surface area contributed by atoms with Crippen molar-refractivity contribution in [1.82, 2.24) is 4.98 Å². The molecule has 1 aliphatic carbocycles. The summed E-state index contributed by atoms with van der Waals surface area (Å²) >= 11 is 0. The first-order valence-corrected chi connectivity index (χ1v) is 6.20. The zero-order valence-electron chi connectivity index (χ0n) is 10.4. The van der Waals surface area contributed by atoms with Gasteiger partial charge in [0.05, 0.1) is 4.92 Å². The van der Waals surface area contributed by atoms with Crippen LogP contribution in [0.15, 0.2) is 12.1 Å². The number of aryl methyl sites for hydroxylation is 1. The second kappa shape index (κ2) is 5.30. The fourth-order valence-electron chi connectivity index (χ4n) is 2.26. The van der Waals surface area contributed by atoms with Crippen LogP contribution < -0.4 is 11.1 Å². The third kappa shape index (κ3) is 2.95. The molecule has 0 aromatic carbocycles. The lowest BCUT2D eigenvalue weighted by Crippen LogP contribution is -2.33. The molecular formula is C12H18N4O2. The topological polar surface area (TPSA) is 94.1 Å². The van der Waals surface area contributed by atoms with E-state index in [1.807, 2.05) is 6.92 Å². The van der Waals surface area contributed by atoms with Gasteiger partial charge < -0.3 is 11.1 Å². The Morgan fingerprint density at radius 1 is 1.39 bits per heavy atom. The maximum Gasteiger partial charge on any atom is 0.311 e. The minimum atomic E-state index is -0.399. The number of anilines is 1. The van der Waals surface area contributed by atoms with E-state index in [4.69, 9.17) is 5.73 Å². The van der Waals surface area contributed by atoms with Crippen LogP contribution in [-0.4, -0.2) is 22.0 Å². The summed E-state index contributed by atoms with van der Waals surface area (Å²) in [5.74, 6) is 0.375. The highest BCUT2D eigenvalue weighted by molar-refractivity contribution is 5.56. The molecular weight excluding hydrogens is 232 g/mol. The predicted octanol–water partition coefficient (Wildman–Crippen LogP) is 1.98. The van der Waals surface area contributed by atoms with E-state index in [-0.39, 0.29) is 17.8 Å². The zero-order valence-corrected chi connectivity index (χ0v) is 10.4. The van der Waals surface area contributed by atoms with Gasteiger partial charge in [-0.15, -0.1) is 0 Å². The highest BCUT2D eigenvalue weighted by atomic mass is 16.6. The summed E-state index contributed by atoms with van der Waals surface area (Å²) in [4.78, 5) is 14.8. The molecule has 1 aliphatic rings. The molecule has 98 valence electrons. The van der Waals surface area contributed by atoms with Crippen LogP contribution in [0.1, 0.15) is 31.4 Å². The molecule has 0 radical (unpaired) electrons. The molecule has 0 aliphatic heterocycles. The smallest absolute Gasteiger partial charge is 0.311 e. The summed E-state index contributed by atoms with van der Waals surface area (Å²) in [5.41, 5.74) is 6.65. The van der Waals surface area contributed by atoms with Crippen LogP contribution >= 0.6 is 0 Å². The molecule has 18 heavy (non-hydrogen) atoms. The largest absolute Gasteiger partial charge is 0.362 e. The minimum absolute atomic E-state index is 0.0375. The van der Waals surface area contributed by atoms with Gasteiger partial charge in [0.15, 0.2) is 0 Å². The number of nitrogens with one attached hydrogen (secondary N) is 1. The molecule has 6 nitrogen and oxygen atoms in total. The lowest BCUT2D eigenvalue weighted by molar-refractivity contribution is -0.384. The number of hydrogen-bond acceptors (Lipinski definition) is 5. The third-order valence-corrected chi connectivity index (χ3v) is 3.32. The Morgan fingerprint density at radius 3 is 2.67 bits per heavy atom. The molecule has 2 rings (SSSR count). The van der Waals surface area contributed by atoms with Crippen LogP contribution in [0.3, 0.4) is 0 Å². The Kier molecular flexibility index (Phi) is 3.76. The summed E-state index contributed by atoms with van der Waals surface area (Å²) in [6.45, 7) is 1.83. The van der Waals surface area contributed by atoms with E-state index in [1.165, 1.54) is 6.07 Å². The molecule has 1 aromatic rings. The molecule has 0 amide bonds. The van der Waals surface area contributed by atoms with Gasteiger partial charge in [-0.3, -0.25) is 10.1 Å². The summed E-state index contributed by atoms with van der Waals surface area (Å²) < 4.78 is 0. The Morgan fingerprint density at radius 2 is 2.06 bits per heavy atom. The first-order valence-electron chi connectivity index (χ1n) is 6.20. The van der Waals surface area contributed by atoms with E-state index in [1.54, 1.807) is 6.07 Å². The van der Waals surface area contributed by atoms with Gasteiger partial charge in [0.1, 0.15) is 0 Å². The van der Waals surface area contributed by atoms with Crippen molar-refractivity contribution < 1.29 is 4.92 Å². The minimum Gasteiger partial charge on any atom is -0.362 e. The van der Waals surface area contributed by atoms with Crippen LogP contribution in [0.4, 0.5) is 11.5 Å². The maximum atomic E-state index is 10.9. The van der Waals surface area contributed by atoms with E-state index >= 15 is 0 Å². The highest BCUT2D eigenvalue weighted by Gasteiger charge is 2.22. The van der Waals surface area contributed by atoms with Crippen molar-refractivity contribution in [2.75, 3.05) is 5.32 Å². The fraction of sp³-hybridized carbons (Fsp3) is 0.583. The lowest BCUT2D eigenvalue weighted by atomic mass is 9.92. The molecule has 1 fully saturated rings. The van der Waals surface area contributed by atoms with Crippen LogP contribution in [0, 0.1) is 17.0 Å². The van der Waals surface area contributed by atoms with Crippen molar-refractivity contribution in [3.63, 3.8) is 0 Å². The summed E-state index contributed by atoms with van der Waals surface area (Å²) in [6.07, 6.45) is 3.79. The van der Waals surface area contributed by atoms with Gasteiger partial charge in [-0.25, -0.2) is 4.98 Å². The zero-order chi connectivity index (χ0) is 13.1. The number of nitrogens with zero attached hydrogens (tertiary/aromatic N) is 2. The molecule has 1 saturated carbocycles. The molecule has 0 unspecified atom stereocenters. The van der Waals surface area contributed by atoms with Crippen molar-refractivity contribution in [2.45, 2.75) is 44.7 Å². The first-order chi connectivity index (χ1) is 8.56. The van der Waals surface area contributed by atoms with Gasteiger partial charge in [-0.1, -0.05) is 0 Å². The van der Waals surface area contributed by atoms with Crippen molar-refractivity contribution >= 4 is 11.5 Å². The maximum absolute atomic E-state index is 10.9. The Labute approximate surface area is 106 Å². The summed E-state index contributed by atoms with van der Waals surface area (Å²) in [6, 6.07) is 3.65. The highest BCUT2D eigenvalue weighted by Crippen LogP contribution is 2.26. The Hall–Kier alpha value is -1.69. The quantitative estimate of drug-likeness (QED) is 0.632. The lowest BCUT2D eigenvalue weighted by Gasteiger charge is -2.27. The molecule has 6 heteroatoms. The van der Waals surface area contributed by atoms with Gasteiger partial charge in [0, 0.05) is 23.8 Å². The summed E-state index contributed by atoms with van der Waals surface area (Å²) in [5, 5.41) is 14.1. The SMILES string of the molecule is Cc1ccc([N+](=O)[O-])c(NC2CCC(N)CC2)n1. The third-order valence-electron chi connectivity index (χ3n) is 3.32. The van der Waals surface area contributed by atoms with E-state index in [0.717, 1.165) is 31.4 Å². The standard InChI is InChI=1S/C12H18N4O2/c1-8-2-7-11(16(17)18)12(14-8)15-10-5-3-9(13)4-6-10/h2,7,9-10H,3-6,13H2,1H3,(H,14,15). The first kappa shape index (κ1) is 12.8. The van der Waals surface area contributed by atoms with Crippen LogP contribution in [0.2, 0.25) is 0 Å². The molecule has 0 spiro atoms. The Bertz CT molecular complexity index is 442. The van der Waals surface area contributed by atoms with Gasteiger partial charge in [-0.2, -0.15) is 0 Å². The molecule has 3 N–H and O–H groups in total. The molecule has 1 heterocycles. The molecule has 0 bridgehead atoms. The van der Waals surface area contributed by atoms with Gasteiger partial charge in [0.2, 0.25) is 5.82 Å². The number of pyridine rings is 1. The van der Waals surface area contributed by atoms with Crippen molar-refractivity contribution in [3.05, 3.63) is 27.9 Å². The predicted molar refractivity (Wildman–Crippen MR) is 69.5 cm³/mol. The van der Waals surface area contributed by atoms with Crippen LogP contribution in [0.5, 0.6) is 0 Å². The van der Waals surface area contributed by atoms with E-state index < -0.39 is 4.92 Å². The van der Waals surface area contributed by atoms with Gasteiger partial charge in [0.25, 0.3) is 0 Å². The van der Waals surface area contributed by atoms with Gasteiger partial charge >= 0.3 is 5.69 Å². The van der Waals surface area contributed by atoms with Crippen LogP contribution in [0.25, 0.3) is 0 Å². The number of hydrogen-bond donors (Lipinski definition) is 2. The molecule has 0 atom stereocenters. The fourth-order valence-corrected chi connectivity index (χ4v) is 2.26. The second-order valence-electron chi connectivity index (χ2n) is 4.83. The van der Waals surface area contributed by atoms with E-state index in [2.05, 4.69) is 10.3 Å². The van der Waals surface area contributed by atoms with Crippen molar-refractivity contribution in [1.29, 1.82) is 0 Å². The monoisotopic (exact) mass is 250 g/mol. The van der Waals surface area contributed by atoms with Crippen molar-refractivity contribution in [3.8, 4) is 0 Å². The normalized spacial score (nSPS) is 23.7. The number of rotatable bonds is 3. The Balaban J connectivity index is 2.12. The van der Waals surface area contributed by atoms with E-state index in [0.29, 0.717) is 5.82 Å². The average Bonchev–Trinajstić information content (AvgIpc) is 2.32. The number of nitrogens with two attached hydrogens (primary N) is 1. The second-order valence-corrected chi connectivity index (χ2v) is 4.83. The van der Waals surface area contributed by atoms with Crippen LogP contribution in [-0.2, 0) is 0 Å². The number of nitro groups is 1. The van der Waals surface area contributed by atoms with Crippen molar-refractivity contribution in [2.24, 2.45) is 5.73 Å².